The highest BCUT2D eigenvalue weighted by Crippen LogP contribution is 2.54. The van der Waals surface area contributed by atoms with Gasteiger partial charge in [-0.2, -0.15) is 5.10 Å². The third kappa shape index (κ3) is 2.11. The first kappa shape index (κ1) is 15.9. The van der Waals surface area contributed by atoms with Gasteiger partial charge in [0.1, 0.15) is 6.61 Å². The molecule has 2 aromatic rings. The van der Waals surface area contributed by atoms with Crippen molar-refractivity contribution in [2.24, 2.45) is 7.05 Å². The number of aromatic nitrogens is 2. The zero-order valence-electron chi connectivity index (χ0n) is 15.0. The molecule has 0 aliphatic carbocycles. The molecule has 0 spiro atoms. The van der Waals surface area contributed by atoms with Crippen molar-refractivity contribution in [1.82, 2.24) is 9.78 Å². The standard InChI is InChI=1S/C18H17N3O6/c1-21-5-9-14(20-21)12(13-10(19-9)6-25-18(13)22)8-4-11-16(27-7-26-11)17(24-3)15(8)23-2/h4-5,12,19H,6-7H2,1-3H3/t12-/m0/s1. The van der Waals surface area contributed by atoms with Gasteiger partial charge in [-0.25, -0.2) is 4.79 Å². The Labute approximate surface area is 154 Å². The van der Waals surface area contributed by atoms with E-state index in [2.05, 4.69) is 10.4 Å². The van der Waals surface area contributed by atoms with Gasteiger partial charge in [-0.15, -0.1) is 0 Å². The largest absolute Gasteiger partial charge is 0.492 e. The molecule has 1 atom stereocenters. The first-order chi connectivity index (χ1) is 13.1. The summed E-state index contributed by atoms with van der Waals surface area (Å²) in [5, 5.41) is 7.82. The molecule has 5 rings (SSSR count). The van der Waals surface area contributed by atoms with Gasteiger partial charge in [-0.3, -0.25) is 4.68 Å². The van der Waals surface area contributed by atoms with Crippen LogP contribution >= 0.6 is 0 Å². The Morgan fingerprint density at radius 3 is 2.81 bits per heavy atom. The number of esters is 1. The average molecular weight is 371 g/mol. The maximum absolute atomic E-state index is 12.5. The first-order valence-electron chi connectivity index (χ1n) is 8.37. The summed E-state index contributed by atoms with van der Waals surface area (Å²) in [6.07, 6.45) is 1.87. The predicted octanol–water partition coefficient (Wildman–Crippen LogP) is 1.53. The van der Waals surface area contributed by atoms with E-state index in [9.17, 15) is 4.79 Å². The van der Waals surface area contributed by atoms with Crippen molar-refractivity contribution >= 4 is 11.7 Å². The number of carbonyl (C=O) groups excluding carboxylic acids is 1. The summed E-state index contributed by atoms with van der Waals surface area (Å²) < 4.78 is 29.3. The van der Waals surface area contributed by atoms with Gasteiger partial charge in [0.15, 0.2) is 11.5 Å². The Kier molecular flexibility index (Phi) is 3.27. The van der Waals surface area contributed by atoms with Crippen LogP contribution in [0.1, 0.15) is 17.2 Å². The van der Waals surface area contributed by atoms with E-state index in [4.69, 9.17) is 23.7 Å². The Morgan fingerprint density at radius 2 is 2.04 bits per heavy atom. The molecule has 4 heterocycles. The van der Waals surface area contributed by atoms with Crippen molar-refractivity contribution in [2.45, 2.75) is 5.92 Å². The molecule has 0 fully saturated rings. The number of rotatable bonds is 3. The molecule has 1 aromatic carbocycles. The van der Waals surface area contributed by atoms with Crippen LogP contribution in [0.3, 0.4) is 0 Å². The molecule has 9 heteroatoms. The van der Waals surface area contributed by atoms with Crippen LogP contribution < -0.4 is 24.3 Å². The fourth-order valence-corrected chi connectivity index (χ4v) is 3.85. The lowest BCUT2D eigenvalue weighted by molar-refractivity contribution is -0.136. The second-order valence-electron chi connectivity index (χ2n) is 6.39. The molecule has 0 bridgehead atoms. The van der Waals surface area contributed by atoms with Gasteiger partial charge in [0.05, 0.1) is 42.8 Å². The molecular formula is C18H17N3O6. The summed E-state index contributed by atoms with van der Waals surface area (Å²) in [6, 6.07) is 1.81. The summed E-state index contributed by atoms with van der Waals surface area (Å²) in [6.45, 7) is 0.290. The van der Waals surface area contributed by atoms with Gasteiger partial charge in [-0.05, 0) is 6.07 Å². The lowest BCUT2D eigenvalue weighted by atomic mass is 9.84. The fourth-order valence-electron chi connectivity index (χ4n) is 3.85. The van der Waals surface area contributed by atoms with Gasteiger partial charge in [0.25, 0.3) is 0 Å². The normalized spacial score (nSPS) is 19.4. The number of cyclic esters (lactones) is 1. The number of hydrogen-bond donors (Lipinski definition) is 1. The Bertz CT molecular complexity index is 1010. The van der Waals surface area contributed by atoms with Crippen LogP contribution in [0.5, 0.6) is 23.0 Å². The summed E-state index contributed by atoms with van der Waals surface area (Å²) >= 11 is 0. The van der Waals surface area contributed by atoms with Crippen LogP contribution in [0.25, 0.3) is 0 Å². The van der Waals surface area contributed by atoms with E-state index in [1.165, 1.54) is 7.11 Å². The third-order valence-electron chi connectivity index (χ3n) is 4.92. The van der Waals surface area contributed by atoms with E-state index in [1.54, 1.807) is 11.8 Å². The molecule has 27 heavy (non-hydrogen) atoms. The Morgan fingerprint density at radius 1 is 1.22 bits per heavy atom. The maximum Gasteiger partial charge on any atom is 0.337 e. The van der Waals surface area contributed by atoms with Crippen molar-refractivity contribution in [3.8, 4) is 23.0 Å². The minimum absolute atomic E-state index is 0.0926. The minimum Gasteiger partial charge on any atom is -0.492 e. The van der Waals surface area contributed by atoms with Crippen LogP contribution in [0.2, 0.25) is 0 Å². The average Bonchev–Trinajstić information content (AvgIpc) is 3.36. The maximum atomic E-state index is 12.5. The smallest absolute Gasteiger partial charge is 0.337 e. The molecule has 1 aromatic heterocycles. The van der Waals surface area contributed by atoms with E-state index in [0.29, 0.717) is 39.8 Å². The van der Waals surface area contributed by atoms with Crippen molar-refractivity contribution in [1.29, 1.82) is 0 Å². The number of hydrogen-bond acceptors (Lipinski definition) is 8. The van der Waals surface area contributed by atoms with Crippen molar-refractivity contribution in [3.05, 3.63) is 34.8 Å². The molecule has 0 saturated heterocycles. The number of fused-ring (bicyclic) bond motifs is 2. The number of nitrogens with one attached hydrogen (secondary N) is 1. The van der Waals surface area contributed by atoms with Crippen LogP contribution in [0.15, 0.2) is 23.5 Å². The number of carbonyl (C=O) groups is 1. The van der Waals surface area contributed by atoms with Crippen LogP contribution in [0.4, 0.5) is 5.69 Å². The number of nitrogens with zero attached hydrogens (tertiary/aromatic N) is 2. The van der Waals surface area contributed by atoms with E-state index < -0.39 is 5.92 Å². The summed E-state index contributed by atoms with van der Waals surface area (Å²) in [7, 11) is 4.91. The summed E-state index contributed by atoms with van der Waals surface area (Å²) in [5.74, 6) is 1.05. The highest BCUT2D eigenvalue weighted by Gasteiger charge is 2.43. The van der Waals surface area contributed by atoms with Crippen molar-refractivity contribution in [3.63, 3.8) is 0 Å². The molecule has 3 aliphatic rings. The highest BCUT2D eigenvalue weighted by atomic mass is 16.7. The van der Waals surface area contributed by atoms with Crippen LogP contribution in [-0.4, -0.2) is 43.4 Å². The van der Waals surface area contributed by atoms with Gasteiger partial charge in [0.2, 0.25) is 18.3 Å². The van der Waals surface area contributed by atoms with E-state index in [1.807, 2.05) is 19.3 Å². The van der Waals surface area contributed by atoms with Crippen molar-refractivity contribution < 1.29 is 28.5 Å². The lowest BCUT2D eigenvalue weighted by Crippen LogP contribution is -2.20. The number of anilines is 1. The van der Waals surface area contributed by atoms with Crippen LogP contribution in [-0.2, 0) is 16.6 Å². The van der Waals surface area contributed by atoms with Crippen LogP contribution in [0, 0.1) is 0 Å². The summed E-state index contributed by atoms with van der Waals surface area (Å²) in [5.41, 5.74) is 3.46. The van der Waals surface area contributed by atoms with Gasteiger partial charge >= 0.3 is 5.97 Å². The van der Waals surface area contributed by atoms with Gasteiger partial charge in [0, 0.05) is 18.8 Å². The summed E-state index contributed by atoms with van der Waals surface area (Å²) in [4.78, 5) is 12.5. The zero-order valence-corrected chi connectivity index (χ0v) is 15.0. The molecule has 9 nitrogen and oxygen atoms in total. The molecule has 1 N–H and O–H groups in total. The third-order valence-corrected chi connectivity index (χ3v) is 4.92. The predicted molar refractivity (Wildman–Crippen MR) is 92.3 cm³/mol. The molecular weight excluding hydrogens is 354 g/mol. The van der Waals surface area contributed by atoms with Crippen molar-refractivity contribution in [2.75, 3.05) is 32.9 Å². The Balaban J connectivity index is 1.79. The van der Waals surface area contributed by atoms with E-state index in [-0.39, 0.29) is 19.4 Å². The highest BCUT2D eigenvalue weighted by molar-refractivity contribution is 5.97. The quantitative estimate of drug-likeness (QED) is 0.812. The second kappa shape index (κ2) is 5.57. The number of benzene rings is 1. The van der Waals surface area contributed by atoms with Gasteiger partial charge in [-0.1, -0.05) is 0 Å². The molecule has 0 radical (unpaired) electrons. The molecule has 140 valence electrons. The van der Waals surface area contributed by atoms with E-state index in [0.717, 1.165) is 11.4 Å². The molecule has 0 saturated carbocycles. The first-order valence-corrected chi connectivity index (χ1v) is 8.37. The number of ether oxygens (including phenoxy) is 5. The fraction of sp³-hybridized carbons (Fsp3) is 0.333. The SMILES string of the molecule is COc1c([C@H]2C3=C(COC3=O)Nc3cn(C)nc32)cc2c(c1OC)OCO2. The minimum atomic E-state index is -0.481. The number of methoxy groups -OCH3 is 2. The monoisotopic (exact) mass is 371 g/mol. The molecule has 3 aliphatic heterocycles. The molecule has 0 unspecified atom stereocenters. The van der Waals surface area contributed by atoms with E-state index >= 15 is 0 Å². The number of aryl methyl sites for hydroxylation is 1. The van der Waals surface area contributed by atoms with Gasteiger partial charge < -0.3 is 29.0 Å². The topological polar surface area (TPSA) is 93.1 Å². The molecule has 0 amide bonds. The Hall–Kier alpha value is -3.36. The lowest BCUT2D eigenvalue weighted by Gasteiger charge is -2.25. The zero-order chi connectivity index (χ0) is 18.7. The second-order valence-corrected chi connectivity index (χ2v) is 6.39.